The fourth-order valence-corrected chi connectivity index (χ4v) is 7.71. The number of benzene rings is 2. The van der Waals surface area contributed by atoms with Crippen molar-refractivity contribution < 1.29 is 4.21 Å². The Morgan fingerprint density at radius 1 is 1.14 bits per heavy atom. The number of hydrogen-bond donors (Lipinski definition) is 0. The van der Waals surface area contributed by atoms with Gasteiger partial charge in [-0.15, -0.1) is 4.91 Å². The molecule has 36 heavy (non-hydrogen) atoms. The van der Waals surface area contributed by atoms with E-state index in [1.54, 1.807) is 12.1 Å². The molecule has 0 spiro atoms. The van der Waals surface area contributed by atoms with Gasteiger partial charge >= 0.3 is 0 Å². The maximum atomic E-state index is 14.6. The minimum atomic E-state index is -2.75. The summed E-state index contributed by atoms with van der Waals surface area (Å²) < 4.78 is 16.7. The van der Waals surface area contributed by atoms with Gasteiger partial charge in [0.1, 0.15) is 11.9 Å². The first-order valence-electron chi connectivity index (χ1n) is 12.7. The van der Waals surface area contributed by atoms with Crippen LogP contribution in [0.1, 0.15) is 43.9 Å². The number of rotatable bonds is 7. The summed E-state index contributed by atoms with van der Waals surface area (Å²) in [6.07, 6.45) is 2.08. The van der Waals surface area contributed by atoms with Gasteiger partial charge in [0.2, 0.25) is 0 Å². The number of aryl methyl sites for hydroxylation is 2. The zero-order valence-corrected chi connectivity index (χ0v) is 22.8. The first kappa shape index (κ1) is 26.2. The van der Waals surface area contributed by atoms with Crippen molar-refractivity contribution in [3.05, 3.63) is 88.6 Å². The van der Waals surface area contributed by atoms with Crippen LogP contribution in [-0.4, -0.2) is 55.5 Å². The van der Waals surface area contributed by atoms with Crippen LogP contribution in [0.2, 0.25) is 0 Å². The second-order valence-electron chi connectivity index (χ2n) is 10.2. The molecule has 0 aromatic heterocycles. The summed E-state index contributed by atoms with van der Waals surface area (Å²) in [6, 6.07) is 13.8. The molecule has 0 N–H and O–H groups in total. The Morgan fingerprint density at radius 3 is 2.44 bits per heavy atom. The molecule has 6 nitrogen and oxygen atoms in total. The summed E-state index contributed by atoms with van der Waals surface area (Å²) in [6.45, 7) is 18.7. The second-order valence-corrected chi connectivity index (χ2v) is 12.4. The van der Waals surface area contributed by atoms with Crippen molar-refractivity contribution in [2.45, 2.75) is 70.1 Å². The zero-order chi connectivity index (χ0) is 26.2. The first-order valence-corrected chi connectivity index (χ1v) is 14.3. The second kappa shape index (κ2) is 10.2. The fraction of sp³-hybridized carbons (Fsp3) is 0.414. The Bertz CT molecular complexity index is 1270. The van der Waals surface area contributed by atoms with Crippen molar-refractivity contribution in [3.8, 4) is 0 Å². The van der Waals surface area contributed by atoms with Crippen LogP contribution in [0.25, 0.3) is 0 Å². The molecular formula is C29H38N4O2S. The molecule has 2 aliphatic rings. The fourth-order valence-electron chi connectivity index (χ4n) is 5.52. The number of nitrogens with zero attached hydrogens (tertiary/aromatic N) is 4. The SMILES string of the molecule is C=C1C(Cc2ccc(N=O)cc2)N2C(=C)CCN(S(=C)(=O)c3cc(C)ccc3CC)C2CN1C(C)C. The summed E-state index contributed by atoms with van der Waals surface area (Å²) in [7, 11) is -2.75. The van der Waals surface area contributed by atoms with Crippen LogP contribution in [0.5, 0.6) is 0 Å². The van der Waals surface area contributed by atoms with E-state index >= 15 is 0 Å². The van der Waals surface area contributed by atoms with E-state index in [1.165, 1.54) is 0 Å². The monoisotopic (exact) mass is 506 g/mol. The van der Waals surface area contributed by atoms with Gasteiger partial charge in [0, 0.05) is 35.3 Å². The van der Waals surface area contributed by atoms with E-state index in [0.29, 0.717) is 25.2 Å². The van der Waals surface area contributed by atoms with E-state index in [9.17, 15) is 9.12 Å². The van der Waals surface area contributed by atoms with Gasteiger partial charge < -0.3 is 9.80 Å². The summed E-state index contributed by atoms with van der Waals surface area (Å²) in [5.74, 6) is 4.36. The van der Waals surface area contributed by atoms with Crippen molar-refractivity contribution >= 4 is 21.3 Å². The van der Waals surface area contributed by atoms with Crippen LogP contribution in [0.4, 0.5) is 5.69 Å². The van der Waals surface area contributed by atoms with Crippen molar-refractivity contribution in [3.63, 3.8) is 0 Å². The molecule has 2 aromatic rings. The van der Waals surface area contributed by atoms with Gasteiger partial charge in [-0.05, 0) is 79.5 Å². The number of piperazine rings is 1. The molecule has 0 saturated carbocycles. The van der Waals surface area contributed by atoms with Crippen molar-refractivity contribution in [2.24, 2.45) is 5.18 Å². The Hall–Kier alpha value is -2.90. The average Bonchev–Trinajstić information content (AvgIpc) is 2.85. The third kappa shape index (κ3) is 4.74. The summed E-state index contributed by atoms with van der Waals surface area (Å²) in [5.41, 5.74) is 5.74. The lowest BCUT2D eigenvalue weighted by Crippen LogP contribution is -2.67. The van der Waals surface area contributed by atoms with Gasteiger partial charge in [-0.2, -0.15) is 0 Å². The van der Waals surface area contributed by atoms with Crippen LogP contribution < -0.4 is 0 Å². The van der Waals surface area contributed by atoms with E-state index < -0.39 is 9.71 Å². The van der Waals surface area contributed by atoms with Gasteiger partial charge in [0.15, 0.2) is 0 Å². The molecule has 2 aromatic carbocycles. The molecular weight excluding hydrogens is 468 g/mol. The molecule has 0 aliphatic carbocycles. The summed E-state index contributed by atoms with van der Waals surface area (Å²) in [4.78, 5) is 16.4. The zero-order valence-electron chi connectivity index (χ0n) is 21.9. The van der Waals surface area contributed by atoms with Gasteiger partial charge in [-0.25, -0.2) is 8.51 Å². The molecule has 192 valence electrons. The summed E-state index contributed by atoms with van der Waals surface area (Å²) >= 11 is 0. The van der Waals surface area contributed by atoms with E-state index in [1.807, 2.05) is 25.1 Å². The highest BCUT2D eigenvalue weighted by Gasteiger charge is 2.45. The third-order valence-electron chi connectivity index (χ3n) is 7.51. The third-order valence-corrected chi connectivity index (χ3v) is 9.76. The highest BCUT2D eigenvalue weighted by molar-refractivity contribution is 7.98. The van der Waals surface area contributed by atoms with E-state index in [4.69, 9.17) is 0 Å². The van der Waals surface area contributed by atoms with E-state index in [2.05, 4.69) is 71.2 Å². The highest BCUT2D eigenvalue weighted by Crippen LogP contribution is 2.39. The Morgan fingerprint density at radius 2 is 1.83 bits per heavy atom. The first-order chi connectivity index (χ1) is 17.1. The molecule has 4 rings (SSSR count). The molecule has 2 heterocycles. The standard InChI is InChI=1S/C29H38N4O2S/c1-8-25-12-9-21(4)17-28(25)36(7,35)32-16-15-22(5)33-27(18-24-10-13-26(30-34)14-11-24)23(6)31(20(2)3)19-29(32)33/h9-14,17,20,27,29H,5-8,15-16,18-19H2,1-4H3. The smallest absolute Gasteiger partial charge is 0.111 e. The molecule has 2 aliphatic heterocycles. The number of fused-ring (bicyclic) bond motifs is 1. The minimum Gasteiger partial charge on any atom is -0.368 e. The lowest BCUT2D eigenvalue weighted by atomic mass is 9.95. The predicted octanol–water partition coefficient (Wildman–Crippen LogP) is 5.64. The average molecular weight is 507 g/mol. The maximum absolute atomic E-state index is 14.6. The van der Waals surface area contributed by atoms with Crippen LogP contribution in [-0.2, 0) is 22.5 Å². The van der Waals surface area contributed by atoms with Gasteiger partial charge in [-0.1, -0.05) is 44.3 Å². The topological polar surface area (TPSA) is 56.2 Å². The van der Waals surface area contributed by atoms with E-state index in [-0.39, 0.29) is 18.2 Å². The molecule has 3 unspecified atom stereocenters. The van der Waals surface area contributed by atoms with Crippen LogP contribution in [0, 0.1) is 11.8 Å². The predicted molar refractivity (Wildman–Crippen MR) is 151 cm³/mol. The Labute approximate surface area is 216 Å². The van der Waals surface area contributed by atoms with Gasteiger partial charge in [-0.3, -0.25) is 0 Å². The van der Waals surface area contributed by atoms with Crippen molar-refractivity contribution in [2.75, 3.05) is 13.1 Å². The molecule has 0 amide bonds. The minimum absolute atomic E-state index is 0.0464. The quantitative estimate of drug-likeness (QED) is 0.360. The summed E-state index contributed by atoms with van der Waals surface area (Å²) in [5, 5.41) is 3.03. The number of nitroso groups, excluding NO2 is 1. The van der Waals surface area contributed by atoms with Crippen molar-refractivity contribution in [1.29, 1.82) is 0 Å². The molecule has 2 fully saturated rings. The maximum Gasteiger partial charge on any atom is 0.111 e. The molecule has 0 radical (unpaired) electrons. The van der Waals surface area contributed by atoms with Crippen LogP contribution in [0.3, 0.4) is 0 Å². The van der Waals surface area contributed by atoms with Crippen LogP contribution in [0.15, 0.2) is 77.1 Å². The molecule has 0 bridgehead atoms. The Balaban J connectivity index is 1.77. The molecule has 3 atom stereocenters. The highest BCUT2D eigenvalue weighted by atomic mass is 32.2. The van der Waals surface area contributed by atoms with E-state index in [0.717, 1.165) is 45.8 Å². The molecule has 7 heteroatoms. The lowest BCUT2D eigenvalue weighted by molar-refractivity contribution is -0.000459. The van der Waals surface area contributed by atoms with Crippen molar-refractivity contribution in [1.82, 2.24) is 14.1 Å². The lowest BCUT2D eigenvalue weighted by Gasteiger charge is -2.57. The van der Waals surface area contributed by atoms with Gasteiger partial charge in [0.25, 0.3) is 0 Å². The van der Waals surface area contributed by atoms with Gasteiger partial charge in [0.05, 0.1) is 22.3 Å². The normalized spacial score (nSPS) is 22.5. The number of hydrogen-bond acceptors (Lipinski definition) is 5. The van der Waals surface area contributed by atoms with Crippen LogP contribution >= 0.6 is 0 Å². The largest absolute Gasteiger partial charge is 0.368 e. The Kier molecular flexibility index (Phi) is 7.43. The molecule has 2 saturated heterocycles.